The molecule has 1 atom stereocenters. The van der Waals surface area contributed by atoms with Crippen molar-refractivity contribution in [2.75, 3.05) is 18.0 Å². The molecular formula is C20H29N3O. The summed E-state index contributed by atoms with van der Waals surface area (Å²) in [6, 6.07) is 8.72. The van der Waals surface area contributed by atoms with Crippen LogP contribution >= 0.6 is 0 Å². The zero-order valence-corrected chi connectivity index (χ0v) is 15.0. The molecule has 130 valence electrons. The summed E-state index contributed by atoms with van der Waals surface area (Å²) < 4.78 is 0. The molecule has 0 spiro atoms. The minimum atomic E-state index is -0.419. The highest BCUT2D eigenvalue weighted by Crippen LogP contribution is 2.26. The van der Waals surface area contributed by atoms with Crippen LogP contribution in [0.5, 0.6) is 0 Å². The van der Waals surface area contributed by atoms with E-state index in [1.54, 1.807) is 0 Å². The van der Waals surface area contributed by atoms with Gasteiger partial charge in [-0.2, -0.15) is 0 Å². The Balaban J connectivity index is 1.91. The Morgan fingerprint density at radius 3 is 2.38 bits per heavy atom. The Kier molecular flexibility index (Phi) is 5.90. The molecule has 1 aromatic rings. The first-order valence-corrected chi connectivity index (χ1v) is 8.65. The predicted molar refractivity (Wildman–Crippen MR) is 99.9 cm³/mol. The van der Waals surface area contributed by atoms with E-state index >= 15 is 0 Å². The van der Waals surface area contributed by atoms with Crippen molar-refractivity contribution >= 4 is 11.6 Å². The average molecular weight is 327 g/mol. The molecule has 1 unspecified atom stereocenters. The van der Waals surface area contributed by atoms with Crippen LogP contribution in [0.15, 0.2) is 24.3 Å². The predicted octanol–water partition coefficient (Wildman–Crippen LogP) is 2.42. The quantitative estimate of drug-likeness (QED) is 0.817. The van der Waals surface area contributed by atoms with E-state index in [4.69, 9.17) is 12.2 Å². The number of nitrogens with zero attached hydrogens (tertiary/aromatic N) is 1. The number of nitrogens with one attached hydrogen (secondary N) is 1. The molecule has 0 radical (unpaired) electrons. The number of benzene rings is 1. The summed E-state index contributed by atoms with van der Waals surface area (Å²) in [4.78, 5) is 13.8. The van der Waals surface area contributed by atoms with Crippen LogP contribution < -0.4 is 16.0 Å². The third kappa shape index (κ3) is 4.75. The summed E-state index contributed by atoms with van der Waals surface area (Å²) in [5, 5.41) is 3.31. The molecular weight excluding hydrogens is 298 g/mol. The molecule has 4 nitrogen and oxygen atoms in total. The Labute approximate surface area is 145 Å². The second-order valence-electron chi connectivity index (χ2n) is 7.59. The average Bonchev–Trinajstić information content (AvgIpc) is 2.54. The summed E-state index contributed by atoms with van der Waals surface area (Å²) in [6.45, 7) is 8.61. The molecule has 0 aliphatic carbocycles. The number of nitrogens with two attached hydrogens (primary N) is 1. The van der Waals surface area contributed by atoms with E-state index in [0.717, 1.165) is 25.9 Å². The summed E-state index contributed by atoms with van der Waals surface area (Å²) in [5.41, 5.74) is 8.19. The molecule has 1 fully saturated rings. The number of rotatable bonds is 5. The number of piperidine rings is 1. The van der Waals surface area contributed by atoms with Gasteiger partial charge in [0, 0.05) is 31.2 Å². The van der Waals surface area contributed by atoms with Gasteiger partial charge in [0.2, 0.25) is 5.91 Å². The number of terminal acetylenes is 1. The highest BCUT2D eigenvalue weighted by Gasteiger charge is 2.24. The van der Waals surface area contributed by atoms with Crippen LogP contribution in [0.4, 0.5) is 5.69 Å². The van der Waals surface area contributed by atoms with Gasteiger partial charge in [-0.25, -0.2) is 0 Å². The molecule has 4 heteroatoms. The van der Waals surface area contributed by atoms with Crippen molar-refractivity contribution < 1.29 is 4.79 Å². The van der Waals surface area contributed by atoms with Crippen molar-refractivity contribution in [3.63, 3.8) is 0 Å². The lowest BCUT2D eigenvalue weighted by atomic mass is 9.87. The molecule has 1 aliphatic rings. The molecule has 0 saturated carbocycles. The van der Waals surface area contributed by atoms with E-state index in [1.807, 2.05) is 0 Å². The first kappa shape index (κ1) is 18.4. The molecule has 1 amide bonds. The van der Waals surface area contributed by atoms with E-state index in [0.29, 0.717) is 12.5 Å². The third-order valence-corrected chi connectivity index (χ3v) is 4.70. The number of amides is 1. The third-order valence-electron chi connectivity index (χ3n) is 4.70. The molecule has 1 heterocycles. The van der Waals surface area contributed by atoms with Gasteiger partial charge < -0.3 is 16.0 Å². The lowest BCUT2D eigenvalue weighted by Crippen LogP contribution is -2.50. The summed E-state index contributed by atoms with van der Waals surface area (Å²) in [6.07, 6.45) is 7.62. The van der Waals surface area contributed by atoms with Gasteiger partial charge in [-0.3, -0.25) is 4.79 Å². The highest BCUT2D eigenvalue weighted by molar-refractivity contribution is 5.80. The van der Waals surface area contributed by atoms with Crippen molar-refractivity contribution in [2.24, 2.45) is 5.73 Å². The SMILES string of the molecule is C#CCC(NC1CCN(c2ccc(C(C)(C)C)cc2)CC1)C(N)=O. The van der Waals surface area contributed by atoms with Gasteiger partial charge in [-0.05, 0) is 36.0 Å². The first-order chi connectivity index (χ1) is 11.3. The zero-order chi connectivity index (χ0) is 17.7. The fourth-order valence-electron chi connectivity index (χ4n) is 3.12. The second kappa shape index (κ2) is 7.72. The maximum Gasteiger partial charge on any atom is 0.235 e. The minimum absolute atomic E-state index is 0.177. The fourth-order valence-corrected chi connectivity index (χ4v) is 3.12. The largest absolute Gasteiger partial charge is 0.371 e. The Hall–Kier alpha value is -1.99. The van der Waals surface area contributed by atoms with Crippen molar-refractivity contribution in [1.29, 1.82) is 0 Å². The van der Waals surface area contributed by atoms with Gasteiger partial charge >= 0.3 is 0 Å². The lowest BCUT2D eigenvalue weighted by molar-refractivity contribution is -0.120. The number of carbonyl (C=O) groups is 1. The van der Waals surface area contributed by atoms with Gasteiger partial charge in [0.15, 0.2) is 0 Å². The molecule has 1 aliphatic heterocycles. The Bertz CT molecular complexity index is 587. The maximum atomic E-state index is 11.4. The van der Waals surface area contributed by atoms with Crippen LogP contribution in [0, 0.1) is 12.3 Å². The number of primary amides is 1. The molecule has 0 bridgehead atoms. The summed E-state index contributed by atoms with van der Waals surface area (Å²) in [7, 11) is 0. The van der Waals surface area contributed by atoms with Crippen LogP contribution in [-0.2, 0) is 10.2 Å². The molecule has 24 heavy (non-hydrogen) atoms. The van der Waals surface area contributed by atoms with Gasteiger partial charge in [-0.15, -0.1) is 12.3 Å². The monoisotopic (exact) mass is 327 g/mol. The molecule has 0 aromatic heterocycles. The maximum absolute atomic E-state index is 11.4. The first-order valence-electron chi connectivity index (χ1n) is 8.65. The molecule has 2 rings (SSSR count). The normalized spacial score (nSPS) is 17.3. The summed E-state index contributed by atoms with van der Waals surface area (Å²) >= 11 is 0. The highest BCUT2D eigenvalue weighted by atomic mass is 16.1. The van der Waals surface area contributed by atoms with Crippen LogP contribution in [0.25, 0.3) is 0 Å². The van der Waals surface area contributed by atoms with Crippen molar-refractivity contribution in [3.8, 4) is 12.3 Å². The van der Waals surface area contributed by atoms with Crippen LogP contribution in [0.1, 0.15) is 45.6 Å². The zero-order valence-electron chi connectivity index (χ0n) is 15.0. The van der Waals surface area contributed by atoms with Gasteiger partial charge in [-0.1, -0.05) is 32.9 Å². The summed E-state index contributed by atoms with van der Waals surface area (Å²) in [5.74, 6) is 2.15. The van der Waals surface area contributed by atoms with Gasteiger partial charge in [0.25, 0.3) is 0 Å². The Morgan fingerprint density at radius 2 is 1.92 bits per heavy atom. The smallest absolute Gasteiger partial charge is 0.235 e. The number of carbonyl (C=O) groups excluding carboxylic acids is 1. The van der Waals surface area contributed by atoms with E-state index in [9.17, 15) is 4.79 Å². The number of anilines is 1. The van der Waals surface area contributed by atoms with Crippen molar-refractivity contribution in [3.05, 3.63) is 29.8 Å². The molecule has 3 N–H and O–H groups in total. The van der Waals surface area contributed by atoms with Crippen LogP contribution in [0.3, 0.4) is 0 Å². The van der Waals surface area contributed by atoms with Crippen molar-refractivity contribution in [1.82, 2.24) is 5.32 Å². The lowest BCUT2D eigenvalue weighted by Gasteiger charge is -2.35. The van der Waals surface area contributed by atoms with E-state index < -0.39 is 6.04 Å². The standard InChI is InChI=1S/C20H29N3O/c1-5-6-18(19(21)24)22-16-11-13-23(14-12-16)17-9-7-15(8-10-17)20(2,3)4/h1,7-10,16,18,22H,6,11-14H2,2-4H3,(H2,21,24). The van der Waals surface area contributed by atoms with Crippen LogP contribution in [-0.4, -0.2) is 31.1 Å². The topological polar surface area (TPSA) is 58.4 Å². The van der Waals surface area contributed by atoms with Crippen molar-refractivity contribution in [2.45, 2.75) is 57.5 Å². The van der Waals surface area contributed by atoms with Crippen LogP contribution in [0.2, 0.25) is 0 Å². The fraction of sp³-hybridized carbons (Fsp3) is 0.550. The Morgan fingerprint density at radius 1 is 1.33 bits per heavy atom. The number of hydrogen-bond donors (Lipinski definition) is 2. The minimum Gasteiger partial charge on any atom is -0.371 e. The van der Waals surface area contributed by atoms with E-state index in [1.165, 1.54) is 11.3 Å². The van der Waals surface area contributed by atoms with Gasteiger partial charge in [0.05, 0.1) is 6.04 Å². The second-order valence-corrected chi connectivity index (χ2v) is 7.59. The number of hydrogen-bond acceptors (Lipinski definition) is 3. The van der Waals surface area contributed by atoms with E-state index in [-0.39, 0.29) is 11.3 Å². The van der Waals surface area contributed by atoms with E-state index in [2.05, 4.69) is 61.2 Å². The van der Waals surface area contributed by atoms with Gasteiger partial charge in [0.1, 0.15) is 0 Å². The molecule has 1 aromatic carbocycles. The molecule has 1 saturated heterocycles.